The molecule has 0 aliphatic rings. The number of ether oxygens (including phenoxy) is 1. The molecule has 0 aromatic rings. The summed E-state index contributed by atoms with van der Waals surface area (Å²) in [6.07, 6.45) is 16.3. The van der Waals surface area contributed by atoms with Crippen LogP contribution in [0.1, 0.15) is 90.9 Å². The van der Waals surface area contributed by atoms with E-state index in [0.29, 0.717) is 0 Å². The van der Waals surface area contributed by atoms with E-state index in [1.54, 1.807) is 0 Å². The smallest absolute Gasteiger partial charge is 0.412 e. The average Bonchev–Trinajstić information content (AvgIpc) is 2.42. The second-order valence-corrected chi connectivity index (χ2v) is 6.69. The molecule has 0 aromatic heterocycles. The van der Waals surface area contributed by atoms with Crippen LogP contribution in [0.3, 0.4) is 0 Å². The van der Waals surface area contributed by atoms with Crippen LogP contribution in [0.15, 0.2) is 0 Å². The number of unbranched alkanes of at least 4 members (excludes halogenated alkanes) is 10. The van der Waals surface area contributed by atoms with Gasteiger partial charge in [-0.1, -0.05) is 78.1 Å². The summed E-state index contributed by atoms with van der Waals surface area (Å²) in [4.78, 5) is 21.6. The molecule has 0 aliphatic heterocycles. The van der Waals surface area contributed by atoms with E-state index in [1.165, 1.54) is 77.0 Å². The highest BCUT2D eigenvalue weighted by atomic mass is 31.2. The Labute approximate surface area is 142 Å². The zero-order valence-electron chi connectivity index (χ0n) is 15.0. The predicted octanol–water partition coefficient (Wildman–Crippen LogP) is 3.97. The molecule has 0 heterocycles. The average molecular weight is 358 g/mol. The minimum Gasteiger partial charge on any atom is -0.412 e. The van der Waals surface area contributed by atoms with Gasteiger partial charge in [0.15, 0.2) is 0 Å². The van der Waals surface area contributed by atoms with Gasteiger partial charge in [0.2, 0.25) is 0 Å². The fraction of sp³-hybridized carbons (Fsp3) is 1.00. The van der Waals surface area contributed by atoms with Crippen LogP contribution in [-0.2, 0) is 9.30 Å². The maximum atomic E-state index is 8.88. The highest BCUT2D eigenvalue weighted by Crippen LogP contribution is 2.25. The Kier molecular flexibility index (Phi) is 26.7. The van der Waals surface area contributed by atoms with E-state index in [-0.39, 0.29) is 5.48 Å². The van der Waals surface area contributed by atoms with Crippen molar-refractivity contribution in [3.8, 4) is 0 Å². The second kappa shape index (κ2) is 22.0. The molecule has 6 nitrogen and oxygen atoms in total. The van der Waals surface area contributed by atoms with Crippen LogP contribution in [-0.4, -0.2) is 33.4 Å². The van der Waals surface area contributed by atoms with Gasteiger partial charge in [0, 0.05) is 13.2 Å². The monoisotopic (exact) mass is 358 g/mol. The van der Waals surface area contributed by atoms with Gasteiger partial charge in [0.05, 0.1) is 0 Å². The molecule has 7 heteroatoms. The molecule has 0 unspecified atom stereocenters. The fourth-order valence-corrected chi connectivity index (χ4v) is 2.07. The van der Waals surface area contributed by atoms with Gasteiger partial charge in [-0.05, 0) is 12.8 Å². The summed E-state index contributed by atoms with van der Waals surface area (Å²) in [6, 6.07) is 0. The lowest BCUT2D eigenvalue weighted by Crippen LogP contribution is -1.97. The van der Waals surface area contributed by atoms with Crippen LogP contribution in [0.5, 0.6) is 0 Å². The maximum Gasteiger partial charge on any atom is 0.466 e. The van der Waals surface area contributed by atoms with Crippen LogP contribution in [0.4, 0.5) is 0 Å². The summed E-state index contributed by atoms with van der Waals surface area (Å²) < 4.78 is 14.5. The van der Waals surface area contributed by atoms with E-state index in [2.05, 4.69) is 13.8 Å². The number of hydrogen-bond acceptors (Lipinski definition) is 2. The van der Waals surface area contributed by atoms with Gasteiger partial charge < -0.3 is 24.9 Å². The predicted molar refractivity (Wildman–Crippen MR) is 95.4 cm³/mol. The van der Waals surface area contributed by atoms with Gasteiger partial charge in [-0.25, -0.2) is 4.57 Å². The molecule has 0 spiro atoms. The molecule has 144 valence electrons. The Morgan fingerprint density at radius 3 is 1.22 bits per heavy atom. The molecule has 5 N–H and O–H groups in total. The first-order chi connectivity index (χ1) is 10.4. The van der Waals surface area contributed by atoms with Crippen LogP contribution >= 0.6 is 7.82 Å². The van der Waals surface area contributed by atoms with E-state index >= 15 is 0 Å². The summed E-state index contributed by atoms with van der Waals surface area (Å²) in [5.41, 5.74) is 0. The first-order valence-electron chi connectivity index (χ1n) is 8.77. The highest BCUT2D eigenvalue weighted by molar-refractivity contribution is 7.45. The fourth-order valence-electron chi connectivity index (χ4n) is 2.07. The molecule has 0 aromatic carbocycles. The molecular weight excluding hydrogens is 319 g/mol. The van der Waals surface area contributed by atoms with Crippen LogP contribution in [0.2, 0.25) is 0 Å². The van der Waals surface area contributed by atoms with Crippen molar-refractivity contribution < 1.29 is 29.5 Å². The first kappa shape index (κ1) is 27.9. The minimum absolute atomic E-state index is 0. The summed E-state index contributed by atoms with van der Waals surface area (Å²) in [7, 11) is -4.64. The van der Waals surface area contributed by atoms with Gasteiger partial charge >= 0.3 is 7.82 Å². The van der Waals surface area contributed by atoms with Crippen molar-refractivity contribution in [2.75, 3.05) is 13.2 Å². The van der Waals surface area contributed by atoms with Crippen molar-refractivity contribution in [3.63, 3.8) is 0 Å². The van der Waals surface area contributed by atoms with E-state index < -0.39 is 7.82 Å². The molecule has 0 saturated carbocycles. The molecule has 0 bridgehead atoms. The number of rotatable bonds is 14. The molecule has 0 saturated heterocycles. The molecule has 0 amide bonds. The Balaban J connectivity index is -0.000000578. The van der Waals surface area contributed by atoms with Crippen molar-refractivity contribution in [1.29, 1.82) is 0 Å². The topological polar surface area (TPSA) is 118 Å². The molecule has 23 heavy (non-hydrogen) atoms. The van der Waals surface area contributed by atoms with Crippen molar-refractivity contribution in [3.05, 3.63) is 0 Å². The van der Waals surface area contributed by atoms with Gasteiger partial charge in [-0.15, -0.1) is 0 Å². The molecule has 0 fully saturated rings. The maximum absolute atomic E-state index is 8.88. The molecule has 0 rings (SSSR count). The molecular formula is C16H39O6P. The lowest BCUT2D eigenvalue weighted by molar-refractivity contribution is 0.125. The van der Waals surface area contributed by atoms with Gasteiger partial charge in [0.25, 0.3) is 0 Å². The van der Waals surface area contributed by atoms with E-state index in [1.807, 2.05) is 0 Å². The third-order valence-electron chi connectivity index (χ3n) is 3.28. The summed E-state index contributed by atoms with van der Waals surface area (Å²) in [5, 5.41) is 0. The van der Waals surface area contributed by atoms with Crippen LogP contribution in [0.25, 0.3) is 0 Å². The molecule has 0 atom stereocenters. The molecule has 0 aliphatic carbocycles. The van der Waals surface area contributed by atoms with Gasteiger partial charge in [0.1, 0.15) is 0 Å². The zero-order chi connectivity index (χ0) is 17.1. The van der Waals surface area contributed by atoms with Crippen molar-refractivity contribution in [2.24, 2.45) is 0 Å². The zero-order valence-corrected chi connectivity index (χ0v) is 15.9. The van der Waals surface area contributed by atoms with Gasteiger partial charge in [-0.2, -0.15) is 0 Å². The lowest BCUT2D eigenvalue weighted by atomic mass is 10.1. The third kappa shape index (κ3) is 44.9. The normalized spacial score (nSPS) is 10.7. The van der Waals surface area contributed by atoms with Crippen molar-refractivity contribution in [2.45, 2.75) is 90.9 Å². The third-order valence-corrected chi connectivity index (χ3v) is 3.28. The second-order valence-electron chi connectivity index (χ2n) is 5.66. The highest BCUT2D eigenvalue weighted by Gasteiger charge is 2.00. The van der Waals surface area contributed by atoms with E-state index in [0.717, 1.165) is 13.2 Å². The Morgan fingerprint density at radius 1 is 0.652 bits per heavy atom. The quantitative estimate of drug-likeness (QED) is 0.321. The SMILES string of the molecule is CCCCCCCCOCCCCCCCC.O.O=P(O)(O)O. The Bertz CT molecular complexity index is 222. The largest absolute Gasteiger partial charge is 0.466 e. The lowest BCUT2D eigenvalue weighted by Gasteiger charge is -2.04. The Hall–Kier alpha value is 0.0300. The minimum atomic E-state index is -4.64. The van der Waals surface area contributed by atoms with Crippen LogP contribution in [0, 0.1) is 0 Å². The standard InChI is InChI=1S/C16H34O.H3O4P.H2O/c1-3-5-7-9-11-13-15-17-16-14-12-10-8-6-4-2;1-5(2,3)4;/h3-16H2,1-2H3;(H3,1,2,3,4);1H2. The first-order valence-corrected chi connectivity index (χ1v) is 10.3. The molecule has 0 radical (unpaired) electrons. The van der Waals surface area contributed by atoms with E-state index in [4.69, 9.17) is 24.0 Å². The number of phosphoric acid groups is 1. The summed E-state index contributed by atoms with van der Waals surface area (Å²) >= 11 is 0. The van der Waals surface area contributed by atoms with Crippen LogP contribution < -0.4 is 0 Å². The summed E-state index contributed by atoms with van der Waals surface area (Å²) in [5.74, 6) is 0. The Morgan fingerprint density at radius 2 is 0.913 bits per heavy atom. The van der Waals surface area contributed by atoms with Crippen molar-refractivity contribution in [1.82, 2.24) is 0 Å². The van der Waals surface area contributed by atoms with Crippen molar-refractivity contribution >= 4 is 7.82 Å². The van der Waals surface area contributed by atoms with Gasteiger partial charge in [-0.3, -0.25) is 0 Å². The van der Waals surface area contributed by atoms with E-state index in [9.17, 15) is 0 Å². The summed E-state index contributed by atoms with van der Waals surface area (Å²) in [6.45, 7) is 6.51. The number of hydrogen-bond donors (Lipinski definition) is 3.